The second-order valence-corrected chi connectivity index (χ2v) is 5.05. The van der Waals surface area contributed by atoms with Crippen LogP contribution in [0.5, 0.6) is 0 Å². The smallest absolute Gasteiger partial charge is 0.339 e. The summed E-state index contributed by atoms with van der Waals surface area (Å²) in [5, 5.41) is 9.10. The summed E-state index contributed by atoms with van der Waals surface area (Å²) in [6.45, 7) is 6.54. The number of aryl methyl sites for hydroxylation is 1. The lowest BCUT2D eigenvalue weighted by Gasteiger charge is -2.38. The lowest BCUT2D eigenvalue weighted by Crippen LogP contribution is -2.52. The highest BCUT2D eigenvalue weighted by molar-refractivity contribution is 5.96. The Morgan fingerprint density at radius 1 is 1.35 bits per heavy atom. The van der Waals surface area contributed by atoms with E-state index in [-0.39, 0.29) is 29.3 Å². The number of carbonyl (C=O) groups is 2. The van der Waals surface area contributed by atoms with E-state index in [1.165, 1.54) is 6.07 Å². The number of amides is 1. The van der Waals surface area contributed by atoms with Crippen LogP contribution < -0.4 is 0 Å². The van der Waals surface area contributed by atoms with Crippen LogP contribution >= 0.6 is 0 Å². The maximum absolute atomic E-state index is 12.5. The number of aromatic carboxylic acids is 1. The van der Waals surface area contributed by atoms with Gasteiger partial charge in [-0.1, -0.05) is 6.92 Å². The van der Waals surface area contributed by atoms with Gasteiger partial charge >= 0.3 is 5.97 Å². The van der Waals surface area contributed by atoms with Gasteiger partial charge in [0, 0.05) is 12.5 Å². The van der Waals surface area contributed by atoms with Gasteiger partial charge in [-0.05, 0) is 13.8 Å². The molecule has 0 radical (unpaired) electrons. The van der Waals surface area contributed by atoms with Crippen molar-refractivity contribution >= 4 is 11.9 Å². The first-order chi connectivity index (χ1) is 9.45. The summed E-state index contributed by atoms with van der Waals surface area (Å²) < 4.78 is 10.8. The minimum atomic E-state index is -1.08. The van der Waals surface area contributed by atoms with Crippen molar-refractivity contribution in [3.05, 3.63) is 23.2 Å². The molecule has 20 heavy (non-hydrogen) atoms. The zero-order chi connectivity index (χ0) is 14.9. The molecule has 1 fully saturated rings. The quantitative estimate of drug-likeness (QED) is 0.913. The fourth-order valence-electron chi connectivity index (χ4n) is 2.51. The van der Waals surface area contributed by atoms with Crippen molar-refractivity contribution in [1.29, 1.82) is 0 Å². The SMILES string of the molecule is CCc1oc(C(=O)N2C(C)COCC2C)cc1C(=O)O. The molecule has 1 aromatic heterocycles. The summed E-state index contributed by atoms with van der Waals surface area (Å²) in [4.78, 5) is 25.3. The van der Waals surface area contributed by atoms with Crippen LogP contribution in [0.25, 0.3) is 0 Å². The molecule has 2 unspecified atom stereocenters. The van der Waals surface area contributed by atoms with Gasteiger partial charge in [-0.25, -0.2) is 4.79 Å². The molecular weight excluding hydrogens is 262 g/mol. The van der Waals surface area contributed by atoms with Gasteiger partial charge in [0.25, 0.3) is 5.91 Å². The van der Waals surface area contributed by atoms with Gasteiger partial charge in [0.05, 0.1) is 25.3 Å². The average molecular weight is 281 g/mol. The number of morpholine rings is 1. The summed E-state index contributed by atoms with van der Waals surface area (Å²) in [6.07, 6.45) is 0.434. The fourth-order valence-corrected chi connectivity index (χ4v) is 2.51. The molecule has 6 heteroatoms. The molecule has 110 valence electrons. The third-order valence-corrected chi connectivity index (χ3v) is 3.47. The molecule has 0 spiro atoms. The minimum Gasteiger partial charge on any atom is -0.478 e. The van der Waals surface area contributed by atoms with Crippen molar-refractivity contribution in [3.8, 4) is 0 Å². The molecule has 1 amide bonds. The molecule has 0 bridgehead atoms. The van der Waals surface area contributed by atoms with Crippen LogP contribution in [0.4, 0.5) is 0 Å². The summed E-state index contributed by atoms with van der Waals surface area (Å²) in [5.41, 5.74) is 0.0596. The van der Waals surface area contributed by atoms with Crippen molar-refractivity contribution in [1.82, 2.24) is 4.90 Å². The normalized spacial score (nSPS) is 22.9. The van der Waals surface area contributed by atoms with Crippen molar-refractivity contribution < 1.29 is 23.8 Å². The van der Waals surface area contributed by atoms with E-state index in [9.17, 15) is 9.59 Å². The first-order valence-corrected chi connectivity index (χ1v) is 6.72. The molecule has 2 heterocycles. The molecule has 1 N–H and O–H groups in total. The van der Waals surface area contributed by atoms with Gasteiger partial charge in [0.1, 0.15) is 11.3 Å². The molecule has 1 aromatic rings. The molecule has 1 aliphatic heterocycles. The number of ether oxygens (including phenoxy) is 1. The number of carboxylic acids is 1. The van der Waals surface area contributed by atoms with E-state index in [1.54, 1.807) is 11.8 Å². The van der Waals surface area contributed by atoms with Crippen molar-refractivity contribution in [2.24, 2.45) is 0 Å². The molecule has 2 rings (SSSR count). The van der Waals surface area contributed by atoms with Crippen LogP contribution in [0.1, 0.15) is 47.4 Å². The fraction of sp³-hybridized carbons (Fsp3) is 0.571. The zero-order valence-corrected chi connectivity index (χ0v) is 11.9. The second-order valence-electron chi connectivity index (χ2n) is 5.05. The third-order valence-electron chi connectivity index (χ3n) is 3.47. The monoisotopic (exact) mass is 281 g/mol. The van der Waals surface area contributed by atoms with Gasteiger partial charge in [0.15, 0.2) is 5.76 Å². The highest BCUT2D eigenvalue weighted by Gasteiger charge is 2.33. The van der Waals surface area contributed by atoms with Crippen LogP contribution in [-0.2, 0) is 11.2 Å². The van der Waals surface area contributed by atoms with Crippen molar-refractivity contribution in [2.75, 3.05) is 13.2 Å². The Balaban J connectivity index is 2.31. The topological polar surface area (TPSA) is 80.0 Å². The first kappa shape index (κ1) is 14.6. The van der Waals surface area contributed by atoms with E-state index in [4.69, 9.17) is 14.3 Å². The highest BCUT2D eigenvalue weighted by Crippen LogP contribution is 2.22. The van der Waals surface area contributed by atoms with E-state index < -0.39 is 5.97 Å². The molecule has 1 saturated heterocycles. The number of hydrogen-bond donors (Lipinski definition) is 1. The lowest BCUT2D eigenvalue weighted by molar-refractivity contribution is -0.0263. The molecule has 6 nitrogen and oxygen atoms in total. The van der Waals surface area contributed by atoms with Gasteiger partial charge < -0.3 is 19.2 Å². The molecule has 0 aromatic carbocycles. The third kappa shape index (κ3) is 2.56. The van der Waals surface area contributed by atoms with E-state index in [0.717, 1.165) is 0 Å². The standard InChI is InChI=1S/C14H19NO5/c1-4-11-10(14(17)18)5-12(20-11)13(16)15-8(2)6-19-7-9(15)3/h5,8-9H,4,6-7H2,1-3H3,(H,17,18). The van der Waals surface area contributed by atoms with E-state index in [0.29, 0.717) is 25.4 Å². The molecule has 0 saturated carbocycles. The Morgan fingerprint density at radius 2 is 1.95 bits per heavy atom. The highest BCUT2D eigenvalue weighted by atomic mass is 16.5. The Bertz CT molecular complexity index is 512. The van der Waals surface area contributed by atoms with Gasteiger partial charge in [-0.15, -0.1) is 0 Å². The molecule has 0 aliphatic carbocycles. The summed E-state index contributed by atoms with van der Waals surface area (Å²) in [5.74, 6) is -0.947. The zero-order valence-electron chi connectivity index (χ0n) is 11.9. The van der Waals surface area contributed by atoms with Crippen LogP contribution in [-0.4, -0.2) is 47.2 Å². The summed E-state index contributed by atoms with van der Waals surface area (Å²) in [7, 11) is 0. The maximum atomic E-state index is 12.5. The number of rotatable bonds is 3. The van der Waals surface area contributed by atoms with Gasteiger partial charge in [0.2, 0.25) is 0 Å². The van der Waals surface area contributed by atoms with Crippen LogP contribution in [0.15, 0.2) is 10.5 Å². The van der Waals surface area contributed by atoms with Crippen LogP contribution in [0.2, 0.25) is 0 Å². The molecular formula is C14H19NO5. The summed E-state index contributed by atoms with van der Waals surface area (Å²) in [6, 6.07) is 1.20. The van der Waals surface area contributed by atoms with Gasteiger partial charge in [-0.3, -0.25) is 4.79 Å². The average Bonchev–Trinajstić information content (AvgIpc) is 2.82. The van der Waals surface area contributed by atoms with E-state index in [2.05, 4.69) is 0 Å². The number of hydrogen-bond acceptors (Lipinski definition) is 4. The second kappa shape index (κ2) is 5.66. The Kier molecular flexibility index (Phi) is 4.13. The largest absolute Gasteiger partial charge is 0.478 e. The Labute approximate surface area is 117 Å². The van der Waals surface area contributed by atoms with Crippen LogP contribution in [0.3, 0.4) is 0 Å². The first-order valence-electron chi connectivity index (χ1n) is 6.72. The van der Waals surface area contributed by atoms with Crippen LogP contribution in [0, 0.1) is 0 Å². The number of nitrogens with zero attached hydrogens (tertiary/aromatic N) is 1. The van der Waals surface area contributed by atoms with Crippen molar-refractivity contribution in [3.63, 3.8) is 0 Å². The number of furan rings is 1. The lowest BCUT2D eigenvalue weighted by atomic mass is 10.1. The molecule has 2 atom stereocenters. The van der Waals surface area contributed by atoms with E-state index in [1.807, 2.05) is 13.8 Å². The Hall–Kier alpha value is -1.82. The minimum absolute atomic E-state index is 0.0596. The number of carbonyl (C=O) groups excluding carboxylic acids is 1. The van der Waals surface area contributed by atoms with E-state index >= 15 is 0 Å². The predicted molar refractivity (Wildman–Crippen MR) is 71.0 cm³/mol. The predicted octanol–water partition coefficient (Wildman–Crippen LogP) is 1.79. The summed E-state index contributed by atoms with van der Waals surface area (Å²) >= 11 is 0. The maximum Gasteiger partial charge on any atom is 0.339 e. The van der Waals surface area contributed by atoms with Crippen molar-refractivity contribution in [2.45, 2.75) is 39.3 Å². The van der Waals surface area contributed by atoms with Gasteiger partial charge in [-0.2, -0.15) is 0 Å². The Morgan fingerprint density at radius 3 is 2.40 bits per heavy atom. The molecule has 1 aliphatic rings. The number of carboxylic acid groups (broad SMARTS) is 1.